The smallest absolute Gasteiger partial charge is 0.228 e. The SMILES string of the molecule is COc1cc2nc(N3CC(C)N(C(=O)Cc4ccc(-c5ccccc5)cc4)C(C)C3)nc(N)c2cc1OC. The van der Waals surface area contributed by atoms with Crippen LogP contribution in [0.15, 0.2) is 66.7 Å². The zero-order valence-corrected chi connectivity index (χ0v) is 22.2. The van der Waals surface area contributed by atoms with Gasteiger partial charge in [0.25, 0.3) is 0 Å². The van der Waals surface area contributed by atoms with E-state index in [1.165, 1.54) is 0 Å². The van der Waals surface area contributed by atoms with Gasteiger partial charge in [0.05, 0.1) is 26.2 Å². The highest BCUT2D eigenvalue weighted by atomic mass is 16.5. The molecule has 0 radical (unpaired) electrons. The van der Waals surface area contributed by atoms with Crippen molar-refractivity contribution in [2.24, 2.45) is 0 Å². The van der Waals surface area contributed by atoms with Gasteiger partial charge in [0.1, 0.15) is 5.82 Å². The van der Waals surface area contributed by atoms with E-state index >= 15 is 0 Å². The second-order valence-corrected chi connectivity index (χ2v) is 9.78. The Kier molecular flexibility index (Phi) is 7.05. The molecular weight excluding hydrogens is 478 g/mol. The summed E-state index contributed by atoms with van der Waals surface area (Å²) in [4.78, 5) is 26.8. The van der Waals surface area contributed by atoms with Crippen molar-refractivity contribution in [1.29, 1.82) is 0 Å². The molecule has 2 atom stereocenters. The Bertz CT molecular complexity index is 1430. The van der Waals surface area contributed by atoms with Gasteiger partial charge < -0.3 is 25.0 Å². The number of hydrogen-bond donors (Lipinski definition) is 1. The summed E-state index contributed by atoms with van der Waals surface area (Å²) in [7, 11) is 3.17. The van der Waals surface area contributed by atoms with E-state index in [1.807, 2.05) is 41.3 Å². The molecule has 2 N–H and O–H groups in total. The van der Waals surface area contributed by atoms with Gasteiger partial charge >= 0.3 is 0 Å². The minimum absolute atomic E-state index is 0.0132. The Morgan fingerprint density at radius 1 is 0.895 bits per heavy atom. The van der Waals surface area contributed by atoms with Crippen molar-refractivity contribution < 1.29 is 14.3 Å². The number of ether oxygens (including phenoxy) is 2. The van der Waals surface area contributed by atoms with E-state index < -0.39 is 0 Å². The molecule has 1 fully saturated rings. The summed E-state index contributed by atoms with van der Waals surface area (Å²) in [5.74, 6) is 2.20. The molecule has 8 nitrogen and oxygen atoms in total. The first kappa shape index (κ1) is 25.3. The van der Waals surface area contributed by atoms with E-state index in [-0.39, 0.29) is 18.0 Å². The zero-order valence-electron chi connectivity index (χ0n) is 22.2. The fourth-order valence-corrected chi connectivity index (χ4v) is 5.30. The van der Waals surface area contributed by atoms with Crippen LogP contribution in [-0.2, 0) is 11.2 Å². The molecule has 2 heterocycles. The fourth-order valence-electron chi connectivity index (χ4n) is 5.30. The zero-order chi connectivity index (χ0) is 26.8. The highest BCUT2D eigenvalue weighted by Crippen LogP contribution is 2.34. The van der Waals surface area contributed by atoms with E-state index in [2.05, 4.69) is 48.0 Å². The van der Waals surface area contributed by atoms with Crippen LogP contribution in [0.25, 0.3) is 22.0 Å². The average molecular weight is 512 g/mol. The molecule has 1 amide bonds. The van der Waals surface area contributed by atoms with Gasteiger partial charge in [0, 0.05) is 36.6 Å². The molecule has 1 aliphatic heterocycles. The summed E-state index contributed by atoms with van der Waals surface area (Å²) < 4.78 is 10.8. The molecule has 3 aromatic carbocycles. The van der Waals surface area contributed by atoms with Crippen LogP contribution >= 0.6 is 0 Å². The molecule has 0 aliphatic carbocycles. The van der Waals surface area contributed by atoms with Crippen LogP contribution in [0, 0.1) is 0 Å². The van der Waals surface area contributed by atoms with Crippen molar-refractivity contribution in [3.05, 3.63) is 72.3 Å². The van der Waals surface area contributed by atoms with Gasteiger partial charge in [0.2, 0.25) is 11.9 Å². The number of aromatic nitrogens is 2. The molecule has 2 unspecified atom stereocenters. The van der Waals surface area contributed by atoms with Crippen LogP contribution in [0.1, 0.15) is 19.4 Å². The van der Waals surface area contributed by atoms with Crippen LogP contribution in [0.4, 0.5) is 11.8 Å². The molecule has 1 aromatic heterocycles. The summed E-state index contributed by atoms with van der Waals surface area (Å²) in [5, 5.41) is 0.708. The quantitative estimate of drug-likeness (QED) is 0.405. The van der Waals surface area contributed by atoms with Crippen LogP contribution in [0.3, 0.4) is 0 Å². The summed E-state index contributed by atoms with van der Waals surface area (Å²) in [6.07, 6.45) is 0.366. The third kappa shape index (κ3) is 4.94. The molecule has 4 aromatic rings. The highest BCUT2D eigenvalue weighted by Gasteiger charge is 2.34. The second kappa shape index (κ2) is 10.6. The number of carbonyl (C=O) groups is 1. The molecule has 1 saturated heterocycles. The van der Waals surface area contributed by atoms with Crippen molar-refractivity contribution in [2.75, 3.05) is 37.9 Å². The summed E-state index contributed by atoms with van der Waals surface area (Å²) in [5.41, 5.74) is 10.3. The number of piperazine rings is 1. The first-order valence-corrected chi connectivity index (χ1v) is 12.8. The van der Waals surface area contributed by atoms with Crippen LogP contribution in [-0.4, -0.2) is 60.2 Å². The van der Waals surface area contributed by atoms with Gasteiger partial charge in [-0.05, 0) is 36.6 Å². The standard InChI is InChI=1S/C30H33N5O3/c1-19-17-34(30-32-25-16-27(38-4)26(37-3)15-24(25)29(31)33-30)18-20(2)35(19)28(36)14-21-10-12-23(13-11-21)22-8-6-5-7-9-22/h5-13,15-16,19-20H,14,17-18H2,1-4H3,(H2,31,32,33). The van der Waals surface area contributed by atoms with E-state index in [4.69, 9.17) is 20.2 Å². The number of fused-ring (bicyclic) bond motifs is 1. The first-order chi connectivity index (χ1) is 18.4. The number of methoxy groups -OCH3 is 2. The first-order valence-electron chi connectivity index (χ1n) is 12.8. The minimum atomic E-state index is -0.0132. The molecule has 5 rings (SSSR count). The molecular formula is C30H33N5O3. The largest absolute Gasteiger partial charge is 0.493 e. The molecule has 196 valence electrons. The van der Waals surface area contributed by atoms with E-state index in [0.717, 1.165) is 16.7 Å². The number of benzene rings is 3. The number of nitrogen functional groups attached to an aromatic ring is 1. The maximum absolute atomic E-state index is 13.4. The van der Waals surface area contributed by atoms with Crippen LogP contribution in [0.5, 0.6) is 11.5 Å². The average Bonchev–Trinajstić information content (AvgIpc) is 2.92. The number of hydrogen-bond acceptors (Lipinski definition) is 7. The van der Waals surface area contributed by atoms with E-state index in [0.29, 0.717) is 53.7 Å². The lowest BCUT2D eigenvalue weighted by molar-refractivity contribution is -0.135. The maximum atomic E-state index is 13.4. The van der Waals surface area contributed by atoms with Crippen molar-refractivity contribution >= 4 is 28.6 Å². The van der Waals surface area contributed by atoms with Crippen molar-refractivity contribution in [3.63, 3.8) is 0 Å². The topological polar surface area (TPSA) is 93.8 Å². The lowest BCUT2D eigenvalue weighted by Crippen LogP contribution is -2.59. The van der Waals surface area contributed by atoms with Crippen molar-refractivity contribution in [1.82, 2.24) is 14.9 Å². The van der Waals surface area contributed by atoms with Crippen molar-refractivity contribution in [3.8, 4) is 22.6 Å². The summed E-state index contributed by atoms with van der Waals surface area (Å²) in [6, 6.07) is 22.1. The van der Waals surface area contributed by atoms with Crippen LogP contribution < -0.4 is 20.1 Å². The number of anilines is 2. The highest BCUT2D eigenvalue weighted by molar-refractivity contribution is 5.91. The predicted molar refractivity (Wildman–Crippen MR) is 151 cm³/mol. The van der Waals surface area contributed by atoms with Gasteiger partial charge in [-0.3, -0.25) is 4.79 Å². The van der Waals surface area contributed by atoms with Gasteiger partial charge in [-0.15, -0.1) is 0 Å². The van der Waals surface area contributed by atoms with Crippen molar-refractivity contribution in [2.45, 2.75) is 32.4 Å². The third-order valence-electron chi connectivity index (χ3n) is 7.12. The summed E-state index contributed by atoms with van der Waals surface area (Å²) >= 11 is 0. The molecule has 1 aliphatic rings. The number of nitrogens with zero attached hydrogens (tertiary/aromatic N) is 4. The monoisotopic (exact) mass is 511 g/mol. The lowest BCUT2D eigenvalue weighted by atomic mass is 10.0. The fraction of sp³-hybridized carbons (Fsp3) is 0.300. The molecule has 0 spiro atoms. The van der Waals surface area contributed by atoms with Gasteiger partial charge in [-0.25, -0.2) is 4.98 Å². The Hall–Kier alpha value is -4.33. The predicted octanol–water partition coefficient (Wildman–Crippen LogP) is 4.56. The number of carbonyl (C=O) groups excluding carboxylic acids is 1. The maximum Gasteiger partial charge on any atom is 0.228 e. The number of nitrogens with two attached hydrogens (primary N) is 1. The van der Waals surface area contributed by atoms with Crippen LogP contribution in [0.2, 0.25) is 0 Å². The van der Waals surface area contributed by atoms with Gasteiger partial charge in [0.15, 0.2) is 11.5 Å². The Balaban J connectivity index is 1.30. The van der Waals surface area contributed by atoms with Gasteiger partial charge in [-0.2, -0.15) is 4.98 Å². The number of rotatable bonds is 6. The Labute approximate surface area is 223 Å². The minimum Gasteiger partial charge on any atom is -0.493 e. The normalized spacial score (nSPS) is 17.5. The Morgan fingerprint density at radius 3 is 2.13 bits per heavy atom. The molecule has 38 heavy (non-hydrogen) atoms. The molecule has 0 bridgehead atoms. The molecule has 0 saturated carbocycles. The van der Waals surface area contributed by atoms with Gasteiger partial charge in [-0.1, -0.05) is 54.6 Å². The second-order valence-electron chi connectivity index (χ2n) is 9.78. The van der Waals surface area contributed by atoms with E-state index in [1.54, 1.807) is 20.3 Å². The third-order valence-corrected chi connectivity index (χ3v) is 7.12. The number of amides is 1. The summed E-state index contributed by atoms with van der Waals surface area (Å²) in [6.45, 7) is 5.36. The molecule has 8 heteroatoms. The lowest BCUT2D eigenvalue weighted by Gasteiger charge is -2.44. The van der Waals surface area contributed by atoms with E-state index in [9.17, 15) is 4.79 Å². The Morgan fingerprint density at radius 2 is 1.50 bits per heavy atom.